The first-order valence-corrected chi connectivity index (χ1v) is 11.4. The number of ether oxygens (including phenoxy) is 2. The molecule has 176 valence electrons. The summed E-state index contributed by atoms with van der Waals surface area (Å²) in [5, 5.41) is 22.2. The number of benzene rings is 1. The van der Waals surface area contributed by atoms with Gasteiger partial charge in [-0.25, -0.2) is 4.79 Å². The predicted molar refractivity (Wildman–Crippen MR) is 118 cm³/mol. The number of methoxy groups -OCH3 is 1. The number of carboxylic acid groups (broad SMARTS) is 1. The Bertz CT molecular complexity index is 1100. The Morgan fingerprint density at radius 3 is 2.73 bits per heavy atom. The fraction of sp³-hybridized carbons (Fsp3) is 0.560. The second kappa shape index (κ2) is 7.06. The third kappa shape index (κ3) is 3.03. The van der Waals surface area contributed by atoms with Crippen LogP contribution in [-0.4, -0.2) is 46.7 Å². The van der Waals surface area contributed by atoms with Crippen LogP contribution in [0.1, 0.15) is 56.3 Å². The lowest BCUT2D eigenvalue weighted by atomic mass is 9.51. The van der Waals surface area contributed by atoms with Crippen molar-refractivity contribution >= 4 is 23.3 Å². The summed E-state index contributed by atoms with van der Waals surface area (Å²) in [6.07, 6.45) is 7.08. The average molecular weight is 456 g/mol. The summed E-state index contributed by atoms with van der Waals surface area (Å²) in [5.41, 5.74) is -1.34. The van der Waals surface area contributed by atoms with E-state index in [1.54, 1.807) is 6.08 Å². The first kappa shape index (κ1) is 21.9. The molecule has 2 aliphatic heterocycles. The maximum absolute atomic E-state index is 13.1. The molecule has 1 aromatic rings. The highest BCUT2D eigenvalue weighted by molar-refractivity contribution is 6.00. The van der Waals surface area contributed by atoms with Gasteiger partial charge in [-0.1, -0.05) is 13.0 Å². The summed E-state index contributed by atoms with van der Waals surface area (Å²) in [7, 11) is 1.36. The molecular formula is C25H29NO7. The van der Waals surface area contributed by atoms with Gasteiger partial charge < -0.3 is 25.0 Å². The van der Waals surface area contributed by atoms with Crippen LogP contribution in [0.4, 0.5) is 5.69 Å². The number of phenols is 1. The number of nitrogens with one attached hydrogen (secondary N) is 1. The van der Waals surface area contributed by atoms with E-state index >= 15 is 0 Å². The standard InChI is InChI=1S/C25H29NO7/c1-23(8-7-18(28)26-19-15(32-3)5-4-14(20(19)29)22(30)31)17(27)6-9-25-11-13-10-16(21(23)25)33-24(13,2)12-25/h4-6,9,13,16,21,29H,7-8,10-12H2,1-3H3,(H,26,28)(H,30,31)/t13-,16+,21+,23-,24+,25+/m0/s1. The molecule has 33 heavy (non-hydrogen) atoms. The van der Waals surface area contributed by atoms with Crippen LogP contribution in [0.15, 0.2) is 24.3 Å². The molecule has 5 aliphatic rings. The molecule has 2 saturated carbocycles. The van der Waals surface area contributed by atoms with Gasteiger partial charge in [0.2, 0.25) is 5.91 Å². The molecule has 2 heterocycles. The average Bonchev–Trinajstić information content (AvgIpc) is 3.12. The van der Waals surface area contributed by atoms with Gasteiger partial charge in [0.05, 0.1) is 18.8 Å². The first-order chi connectivity index (χ1) is 15.5. The number of allylic oxidation sites excluding steroid dienone is 2. The zero-order valence-corrected chi connectivity index (χ0v) is 19.0. The van der Waals surface area contributed by atoms with E-state index in [-0.39, 0.29) is 52.2 Å². The van der Waals surface area contributed by atoms with Crippen LogP contribution < -0.4 is 10.1 Å². The SMILES string of the molecule is COc1ccc(C(=O)O)c(O)c1NC(=O)CC[C@@]1(C)C(=O)C=C[C@@]23C[C@@H]4C[C@@H](O[C@]4(C)C2)[C@@H]31. The molecule has 4 fully saturated rings. The highest BCUT2D eigenvalue weighted by Crippen LogP contribution is 2.71. The highest BCUT2D eigenvalue weighted by atomic mass is 16.5. The van der Waals surface area contributed by atoms with Crippen LogP contribution in [0, 0.1) is 22.7 Å². The van der Waals surface area contributed by atoms with Gasteiger partial charge in [0.1, 0.15) is 17.0 Å². The van der Waals surface area contributed by atoms with E-state index in [1.165, 1.54) is 19.2 Å². The van der Waals surface area contributed by atoms with Crippen molar-refractivity contribution in [2.45, 2.75) is 57.7 Å². The monoisotopic (exact) mass is 455 g/mol. The Balaban J connectivity index is 1.36. The zero-order valence-electron chi connectivity index (χ0n) is 19.0. The first-order valence-electron chi connectivity index (χ1n) is 11.4. The minimum absolute atomic E-state index is 0.0147. The molecule has 3 aliphatic carbocycles. The third-order valence-corrected chi connectivity index (χ3v) is 8.64. The van der Waals surface area contributed by atoms with E-state index in [9.17, 15) is 24.6 Å². The highest BCUT2D eigenvalue weighted by Gasteiger charge is 2.71. The van der Waals surface area contributed by atoms with Crippen molar-refractivity contribution in [3.05, 3.63) is 29.8 Å². The van der Waals surface area contributed by atoms with Gasteiger partial charge in [0, 0.05) is 17.8 Å². The number of aromatic hydroxyl groups is 1. The van der Waals surface area contributed by atoms with E-state index < -0.39 is 23.0 Å². The molecule has 0 aromatic heterocycles. The molecule has 2 saturated heterocycles. The minimum atomic E-state index is -1.32. The number of carbonyl (C=O) groups excluding carboxylic acids is 2. The molecule has 3 N–H and O–H groups in total. The molecule has 1 amide bonds. The number of hydrogen-bond donors (Lipinski definition) is 3. The van der Waals surface area contributed by atoms with Crippen LogP contribution in [0.3, 0.4) is 0 Å². The Morgan fingerprint density at radius 1 is 1.30 bits per heavy atom. The van der Waals surface area contributed by atoms with Crippen LogP contribution >= 0.6 is 0 Å². The van der Waals surface area contributed by atoms with Crippen molar-refractivity contribution in [1.29, 1.82) is 0 Å². The normalized spacial score (nSPS) is 37.8. The summed E-state index contributed by atoms with van der Waals surface area (Å²) >= 11 is 0. The summed E-state index contributed by atoms with van der Waals surface area (Å²) in [5.74, 6) is -1.60. The van der Waals surface area contributed by atoms with Crippen LogP contribution in [0.2, 0.25) is 0 Å². The maximum Gasteiger partial charge on any atom is 0.339 e. The number of amides is 1. The molecule has 0 radical (unpaired) electrons. The zero-order chi connectivity index (χ0) is 23.8. The second-order valence-electron chi connectivity index (χ2n) is 10.5. The van der Waals surface area contributed by atoms with E-state index in [2.05, 4.69) is 18.3 Å². The molecule has 6 atom stereocenters. The van der Waals surface area contributed by atoms with Crippen molar-refractivity contribution in [3.8, 4) is 11.5 Å². The molecule has 6 rings (SSSR count). The Kier molecular flexibility index (Phi) is 4.70. The largest absolute Gasteiger partial charge is 0.505 e. The van der Waals surface area contributed by atoms with Crippen molar-refractivity contribution < 1.29 is 34.1 Å². The third-order valence-electron chi connectivity index (χ3n) is 8.64. The van der Waals surface area contributed by atoms with Gasteiger partial charge in [0.25, 0.3) is 0 Å². The number of hydrogen-bond acceptors (Lipinski definition) is 6. The fourth-order valence-electron chi connectivity index (χ4n) is 7.25. The van der Waals surface area contributed by atoms with Gasteiger partial charge in [-0.15, -0.1) is 0 Å². The molecule has 1 spiro atoms. The quantitative estimate of drug-likeness (QED) is 0.561. The number of carboxylic acids is 1. The van der Waals surface area contributed by atoms with Gasteiger partial charge in [0.15, 0.2) is 11.5 Å². The van der Waals surface area contributed by atoms with Gasteiger partial charge in [-0.2, -0.15) is 0 Å². The van der Waals surface area contributed by atoms with Crippen molar-refractivity contribution in [3.63, 3.8) is 0 Å². The van der Waals surface area contributed by atoms with Gasteiger partial charge in [-0.3, -0.25) is 9.59 Å². The molecular weight excluding hydrogens is 426 g/mol. The van der Waals surface area contributed by atoms with Crippen molar-refractivity contribution in [2.24, 2.45) is 22.7 Å². The number of carbonyl (C=O) groups is 3. The summed E-state index contributed by atoms with van der Waals surface area (Å²) in [4.78, 5) is 37.4. The van der Waals surface area contributed by atoms with Crippen molar-refractivity contribution in [2.75, 3.05) is 12.4 Å². The van der Waals surface area contributed by atoms with Gasteiger partial charge in [-0.05, 0) is 62.1 Å². The van der Waals surface area contributed by atoms with E-state index in [4.69, 9.17) is 9.47 Å². The Morgan fingerprint density at radius 2 is 2.06 bits per heavy atom. The Hall–Kier alpha value is -2.87. The van der Waals surface area contributed by atoms with E-state index in [0.717, 1.165) is 19.3 Å². The van der Waals surface area contributed by atoms with Crippen molar-refractivity contribution in [1.82, 2.24) is 0 Å². The molecule has 8 heteroatoms. The molecule has 0 unspecified atom stereocenters. The topological polar surface area (TPSA) is 122 Å². The lowest BCUT2D eigenvalue weighted by molar-refractivity contribution is -0.169. The maximum atomic E-state index is 13.1. The van der Waals surface area contributed by atoms with E-state index in [1.807, 2.05) is 6.92 Å². The number of ketones is 1. The smallest absolute Gasteiger partial charge is 0.339 e. The second-order valence-corrected chi connectivity index (χ2v) is 10.5. The molecule has 8 nitrogen and oxygen atoms in total. The number of aromatic carboxylic acids is 1. The number of rotatable bonds is 6. The molecule has 4 bridgehead atoms. The van der Waals surface area contributed by atoms with Gasteiger partial charge >= 0.3 is 5.97 Å². The van der Waals surface area contributed by atoms with Crippen LogP contribution in [-0.2, 0) is 14.3 Å². The minimum Gasteiger partial charge on any atom is -0.505 e. The predicted octanol–water partition coefficient (Wildman–Crippen LogP) is 3.54. The lowest BCUT2D eigenvalue weighted by Crippen LogP contribution is -2.56. The number of anilines is 1. The summed E-state index contributed by atoms with van der Waals surface area (Å²) in [6, 6.07) is 2.59. The van der Waals surface area contributed by atoms with E-state index in [0.29, 0.717) is 12.3 Å². The van der Waals surface area contributed by atoms with Crippen LogP contribution in [0.25, 0.3) is 0 Å². The summed E-state index contributed by atoms with van der Waals surface area (Å²) < 4.78 is 11.6. The molecule has 1 aromatic carbocycles. The van der Waals surface area contributed by atoms with Crippen LogP contribution in [0.5, 0.6) is 11.5 Å². The lowest BCUT2D eigenvalue weighted by Gasteiger charge is -2.55. The summed E-state index contributed by atoms with van der Waals surface area (Å²) in [6.45, 7) is 4.13. The Labute approximate surface area is 192 Å². The fourth-order valence-corrected chi connectivity index (χ4v) is 7.25.